The molecule has 0 spiro atoms. The molecule has 9 heteroatoms. The van der Waals surface area contributed by atoms with E-state index in [9.17, 15) is 9.90 Å². The number of benzene rings is 1. The van der Waals surface area contributed by atoms with E-state index < -0.39 is 5.60 Å². The van der Waals surface area contributed by atoms with E-state index in [1.54, 1.807) is 17.0 Å². The molecule has 2 N–H and O–H groups in total. The number of nitrogens with one attached hydrogen (secondary N) is 1. The van der Waals surface area contributed by atoms with Gasteiger partial charge in [-0.15, -0.1) is 6.58 Å². The number of likely N-dealkylation sites (N-methyl/N-ethyl adjacent to an activating group) is 1. The van der Waals surface area contributed by atoms with Crippen molar-refractivity contribution in [1.82, 2.24) is 29.2 Å². The minimum absolute atomic E-state index is 0.174. The largest absolute Gasteiger partial charge is 0.384 e. The molecule has 0 saturated carbocycles. The molecule has 4 aromatic rings. The molecular formula is C35H41N7O2. The first-order valence-corrected chi connectivity index (χ1v) is 16.2. The second-order valence-corrected chi connectivity index (χ2v) is 13.8. The monoisotopic (exact) mass is 591 g/mol. The van der Waals surface area contributed by atoms with Crippen LogP contribution < -0.4 is 10.9 Å². The number of rotatable bonds is 6. The molecule has 1 aliphatic heterocycles. The molecule has 3 aromatic heterocycles. The van der Waals surface area contributed by atoms with E-state index in [1.807, 2.05) is 11.6 Å². The molecule has 0 saturated heterocycles. The van der Waals surface area contributed by atoms with E-state index in [-0.39, 0.29) is 11.0 Å². The standard InChI is InChI=1S/C35H41N7O2/c1-5-15-41-32(43)27-18-36-33(37-23-16-21-9-8-13-34(3)20-40(4)19-22(17-23)28(21)34)39-31(27)42(41)30-26-11-7-10-24(26)25-12-14-35(44,6-2)29(25)38-30/h5,16-18,44H,1,6-15,19-20H2,2-4H3,(H,36,37,39). The topological polar surface area (TPSA) is 101 Å². The van der Waals surface area contributed by atoms with Crippen LogP contribution in [-0.4, -0.2) is 47.9 Å². The summed E-state index contributed by atoms with van der Waals surface area (Å²) >= 11 is 0. The average Bonchev–Trinajstić information content (AvgIpc) is 3.68. The van der Waals surface area contributed by atoms with Gasteiger partial charge in [-0.3, -0.25) is 4.79 Å². The van der Waals surface area contributed by atoms with Crippen LogP contribution in [0.5, 0.6) is 0 Å². The second-order valence-electron chi connectivity index (χ2n) is 13.8. The first-order chi connectivity index (χ1) is 21.2. The zero-order chi connectivity index (χ0) is 30.4. The fourth-order valence-electron chi connectivity index (χ4n) is 8.88. The third-order valence-electron chi connectivity index (χ3n) is 10.7. The summed E-state index contributed by atoms with van der Waals surface area (Å²) in [6.07, 6.45) is 11.9. The first kappa shape index (κ1) is 27.7. The number of aliphatic hydroxyl groups is 1. The Morgan fingerprint density at radius 3 is 2.70 bits per heavy atom. The van der Waals surface area contributed by atoms with Crippen LogP contribution in [0, 0.1) is 0 Å². The van der Waals surface area contributed by atoms with Crippen molar-refractivity contribution < 1.29 is 5.11 Å². The van der Waals surface area contributed by atoms with Crippen molar-refractivity contribution in [2.75, 3.05) is 18.9 Å². The molecule has 0 amide bonds. The average molecular weight is 592 g/mol. The predicted octanol–water partition coefficient (Wildman–Crippen LogP) is 4.98. The lowest BCUT2D eigenvalue weighted by Crippen LogP contribution is -2.44. The van der Waals surface area contributed by atoms with Gasteiger partial charge >= 0.3 is 0 Å². The van der Waals surface area contributed by atoms with Gasteiger partial charge in [0.25, 0.3) is 5.56 Å². The molecule has 0 radical (unpaired) electrons. The lowest BCUT2D eigenvalue weighted by Gasteiger charge is -2.45. The van der Waals surface area contributed by atoms with E-state index in [2.05, 4.69) is 47.9 Å². The Morgan fingerprint density at radius 2 is 1.89 bits per heavy atom. The quantitative estimate of drug-likeness (QED) is 0.305. The van der Waals surface area contributed by atoms with Crippen molar-refractivity contribution in [2.24, 2.45) is 0 Å². The van der Waals surface area contributed by atoms with E-state index >= 15 is 0 Å². The van der Waals surface area contributed by atoms with Crippen molar-refractivity contribution >= 4 is 22.7 Å². The molecule has 1 aromatic carbocycles. The molecule has 9 nitrogen and oxygen atoms in total. The summed E-state index contributed by atoms with van der Waals surface area (Å²) in [5.74, 6) is 1.14. The van der Waals surface area contributed by atoms with Crippen molar-refractivity contribution in [3.63, 3.8) is 0 Å². The Balaban J connectivity index is 1.28. The van der Waals surface area contributed by atoms with Crippen LogP contribution in [0.3, 0.4) is 0 Å². The van der Waals surface area contributed by atoms with Crippen LogP contribution >= 0.6 is 0 Å². The minimum Gasteiger partial charge on any atom is -0.384 e. The van der Waals surface area contributed by atoms with Crippen LogP contribution in [0.1, 0.15) is 85.0 Å². The first-order valence-electron chi connectivity index (χ1n) is 16.2. The van der Waals surface area contributed by atoms with E-state index in [1.165, 1.54) is 40.7 Å². The Bertz CT molecular complexity index is 1920. The molecule has 2 unspecified atom stereocenters. The van der Waals surface area contributed by atoms with Gasteiger partial charge in [0.15, 0.2) is 11.5 Å². The molecule has 0 bridgehead atoms. The zero-order valence-corrected chi connectivity index (χ0v) is 26.0. The van der Waals surface area contributed by atoms with E-state index in [4.69, 9.17) is 9.97 Å². The Morgan fingerprint density at radius 1 is 1.07 bits per heavy atom. The number of nitrogens with zero attached hydrogens (tertiary/aromatic N) is 6. The molecule has 228 valence electrons. The summed E-state index contributed by atoms with van der Waals surface area (Å²) in [6.45, 7) is 10.7. The zero-order valence-electron chi connectivity index (χ0n) is 26.0. The normalized spacial score (nSPS) is 23.9. The highest BCUT2D eigenvalue weighted by Crippen LogP contribution is 2.45. The van der Waals surface area contributed by atoms with Crippen molar-refractivity contribution in [2.45, 2.75) is 95.7 Å². The summed E-state index contributed by atoms with van der Waals surface area (Å²) in [6, 6.07) is 4.52. The highest BCUT2D eigenvalue weighted by molar-refractivity contribution is 5.78. The number of aryl methyl sites for hydroxylation is 1. The number of fused-ring (bicyclic) bond motifs is 4. The third-order valence-corrected chi connectivity index (χ3v) is 10.7. The minimum atomic E-state index is -0.952. The lowest BCUT2D eigenvalue weighted by molar-refractivity contribution is 0.0305. The van der Waals surface area contributed by atoms with Crippen LogP contribution in [0.2, 0.25) is 0 Å². The molecule has 4 aliphatic rings. The number of allylic oxidation sites excluding steroid dienone is 1. The maximum atomic E-state index is 13.8. The number of hydrogen-bond acceptors (Lipinski definition) is 7. The number of pyridine rings is 1. The van der Waals surface area contributed by atoms with Gasteiger partial charge < -0.3 is 15.3 Å². The van der Waals surface area contributed by atoms with Gasteiger partial charge in [-0.25, -0.2) is 19.3 Å². The smallest absolute Gasteiger partial charge is 0.278 e. The van der Waals surface area contributed by atoms with Crippen LogP contribution in [0.25, 0.3) is 16.9 Å². The molecule has 8 rings (SSSR count). The predicted molar refractivity (Wildman–Crippen MR) is 172 cm³/mol. The summed E-state index contributed by atoms with van der Waals surface area (Å²) in [7, 11) is 2.21. The van der Waals surface area contributed by atoms with Crippen molar-refractivity contribution in [1.29, 1.82) is 0 Å². The maximum Gasteiger partial charge on any atom is 0.278 e. The van der Waals surface area contributed by atoms with Gasteiger partial charge in [0.1, 0.15) is 11.0 Å². The molecular weight excluding hydrogens is 550 g/mol. The van der Waals surface area contributed by atoms with Gasteiger partial charge in [0.2, 0.25) is 5.95 Å². The lowest BCUT2D eigenvalue weighted by atomic mass is 9.67. The SMILES string of the molecule is C=CCn1c(=O)c2cnc(Nc3cc4c5c(c3)CN(C)CC5(C)CCC4)nc2n1-c1nc2c(c3c1CCC3)CCC2(O)CC. The summed E-state index contributed by atoms with van der Waals surface area (Å²) in [4.78, 5) is 30.9. The Hall–Kier alpha value is -3.82. The third kappa shape index (κ3) is 3.98. The van der Waals surface area contributed by atoms with Crippen molar-refractivity contribution in [3.8, 4) is 5.82 Å². The van der Waals surface area contributed by atoms with Gasteiger partial charge in [-0.2, -0.15) is 4.98 Å². The van der Waals surface area contributed by atoms with E-state index in [0.717, 1.165) is 62.1 Å². The highest BCUT2D eigenvalue weighted by atomic mass is 16.3. The van der Waals surface area contributed by atoms with Crippen LogP contribution in [0.15, 0.2) is 35.8 Å². The Labute approximate surface area is 257 Å². The summed E-state index contributed by atoms with van der Waals surface area (Å²) in [5.41, 5.74) is 9.30. The molecule has 4 heterocycles. The maximum absolute atomic E-state index is 13.8. The van der Waals surface area contributed by atoms with Gasteiger partial charge in [0.05, 0.1) is 12.2 Å². The molecule has 0 fully saturated rings. The highest BCUT2D eigenvalue weighted by Gasteiger charge is 2.41. The molecule has 3 aliphatic carbocycles. The van der Waals surface area contributed by atoms with Gasteiger partial charge in [-0.05, 0) is 105 Å². The summed E-state index contributed by atoms with van der Waals surface area (Å²) in [5, 5.41) is 15.5. The van der Waals surface area contributed by atoms with E-state index in [0.29, 0.717) is 42.2 Å². The fourth-order valence-corrected chi connectivity index (χ4v) is 8.88. The number of anilines is 2. The van der Waals surface area contributed by atoms with Crippen LogP contribution in [-0.2, 0) is 49.8 Å². The van der Waals surface area contributed by atoms with Gasteiger partial charge in [-0.1, -0.05) is 19.9 Å². The number of aromatic nitrogens is 5. The second kappa shape index (κ2) is 9.84. The van der Waals surface area contributed by atoms with Gasteiger partial charge in [0, 0.05) is 36.0 Å². The fraction of sp³-hybridized carbons (Fsp3) is 0.486. The molecule has 2 atom stereocenters. The molecule has 44 heavy (non-hydrogen) atoms. The Kier molecular flexibility index (Phi) is 6.20. The van der Waals surface area contributed by atoms with Crippen molar-refractivity contribution in [3.05, 3.63) is 80.4 Å². The number of hydrogen-bond donors (Lipinski definition) is 2. The van der Waals surface area contributed by atoms with Crippen LogP contribution in [0.4, 0.5) is 11.6 Å². The summed E-state index contributed by atoms with van der Waals surface area (Å²) < 4.78 is 3.52.